The third-order valence-corrected chi connectivity index (χ3v) is 7.21. The summed E-state index contributed by atoms with van der Waals surface area (Å²) in [5, 5.41) is 0. The Morgan fingerprint density at radius 1 is 1.19 bits per heavy atom. The van der Waals surface area contributed by atoms with Gasteiger partial charge in [0.15, 0.2) is 11.6 Å². The Hall–Kier alpha value is -2.36. The molecule has 2 N–H and O–H groups in total. The third kappa shape index (κ3) is 5.28. The van der Waals surface area contributed by atoms with Crippen molar-refractivity contribution in [2.75, 3.05) is 19.6 Å². The molecule has 7 nitrogen and oxygen atoms in total. The van der Waals surface area contributed by atoms with Crippen molar-refractivity contribution < 1.29 is 22.4 Å². The van der Waals surface area contributed by atoms with Gasteiger partial charge < -0.3 is 4.98 Å². The lowest BCUT2D eigenvalue weighted by Crippen LogP contribution is -2.45. The van der Waals surface area contributed by atoms with E-state index in [9.17, 15) is 22.4 Å². The van der Waals surface area contributed by atoms with Crippen molar-refractivity contribution in [3.63, 3.8) is 0 Å². The number of Topliss-reactive ketones (excluding diaryl/α,β-unsaturated/α-hetero) is 2. The Bertz CT molecular complexity index is 1070. The lowest BCUT2D eigenvalue weighted by Gasteiger charge is -2.31. The molecule has 168 valence electrons. The number of ketones is 2. The molecule has 0 atom stereocenters. The summed E-state index contributed by atoms with van der Waals surface area (Å²) in [6, 6.07) is 4.47. The number of nitrogens with zero attached hydrogens (tertiary/aromatic N) is 1. The molecule has 1 aliphatic heterocycles. The molecule has 1 aliphatic rings. The zero-order valence-electron chi connectivity index (χ0n) is 18.0. The highest BCUT2D eigenvalue weighted by atomic mass is 32.2. The summed E-state index contributed by atoms with van der Waals surface area (Å²) in [6.45, 7) is 6.57. The van der Waals surface area contributed by atoms with Crippen LogP contribution in [0.15, 0.2) is 29.2 Å². The number of benzene rings is 1. The van der Waals surface area contributed by atoms with Crippen LogP contribution in [0.25, 0.3) is 0 Å². The standard InChI is InChI=1S/C22H28FN3O4S/c1-4-19-21(15(3)27)14(2)24-22(19)20(28)13-26-11-9-17(10-12-26)25-31(29,30)18-7-5-16(23)6-8-18/h5-8,17,24-25H,4,9-13H2,1-3H3. The van der Waals surface area contributed by atoms with Gasteiger partial charge in [-0.15, -0.1) is 0 Å². The second-order valence-corrected chi connectivity index (χ2v) is 9.65. The smallest absolute Gasteiger partial charge is 0.240 e. The average molecular weight is 450 g/mol. The van der Waals surface area contributed by atoms with E-state index in [4.69, 9.17) is 0 Å². The average Bonchev–Trinajstić information content (AvgIpc) is 3.06. The maximum atomic E-state index is 13.0. The molecule has 9 heteroatoms. The first-order chi connectivity index (χ1) is 14.6. The highest BCUT2D eigenvalue weighted by Gasteiger charge is 2.27. The van der Waals surface area contributed by atoms with E-state index in [1.165, 1.54) is 19.1 Å². The Balaban J connectivity index is 1.59. The van der Waals surface area contributed by atoms with Crippen molar-refractivity contribution >= 4 is 21.6 Å². The summed E-state index contributed by atoms with van der Waals surface area (Å²) < 4.78 is 40.7. The summed E-state index contributed by atoms with van der Waals surface area (Å²) >= 11 is 0. The van der Waals surface area contributed by atoms with E-state index in [0.29, 0.717) is 49.3 Å². The molecule has 1 aromatic heterocycles. The monoisotopic (exact) mass is 449 g/mol. The van der Waals surface area contributed by atoms with Gasteiger partial charge in [-0.05, 0) is 62.9 Å². The first-order valence-corrected chi connectivity index (χ1v) is 11.9. The number of piperidine rings is 1. The lowest BCUT2D eigenvalue weighted by molar-refractivity contribution is 0.0902. The molecule has 0 radical (unpaired) electrons. The summed E-state index contributed by atoms with van der Waals surface area (Å²) in [5.74, 6) is -0.618. The number of hydrogen-bond donors (Lipinski definition) is 2. The van der Waals surface area contributed by atoms with Crippen LogP contribution >= 0.6 is 0 Å². The molecule has 1 aromatic carbocycles. The Labute approximate surface area is 182 Å². The Kier molecular flexibility index (Phi) is 7.08. The number of aryl methyl sites for hydroxylation is 1. The zero-order chi connectivity index (χ0) is 22.8. The van der Waals surface area contributed by atoms with Crippen molar-refractivity contribution in [3.05, 3.63) is 52.6 Å². The third-order valence-electron chi connectivity index (χ3n) is 5.68. The lowest BCUT2D eigenvalue weighted by atomic mass is 10.0. The highest BCUT2D eigenvalue weighted by Crippen LogP contribution is 2.22. The zero-order valence-corrected chi connectivity index (χ0v) is 18.8. The summed E-state index contributed by atoms with van der Waals surface area (Å²) in [6.07, 6.45) is 1.72. The van der Waals surface area contributed by atoms with Crippen LogP contribution in [0.3, 0.4) is 0 Å². The number of halogens is 1. The van der Waals surface area contributed by atoms with E-state index < -0.39 is 15.8 Å². The van der Waals surface area contributed by atoms with Gasteiger partial charge in [0.05, 0.1) is 17.1 Å². The van der Waals surface area contributed by atoms with Crippen LogP contribution in [0, 0.1) is 12.7 Å². The second-order valence-electron chi connectivity index (χ2n) is 7.94. The number of aromatic amines is 1. The van der Waals surface area contributed by atoms with Gasteiger partial charge in [0.1, 0.15) is 5.82 Å². The molecule has 2 aromatic rings. The molecule has 0 bridgehead atoms. The largest absolute Gasteiger partial charge is 0.355 e. The van der Waals surface area contributed by atoms with E-state index in [-0.39, 0.29) is 29.0 Å². The van der Waals surface area contributed by atoms with Crippen molar-refractivity contribution in [2.45, 2.75) is 51.0 Å². The van der Waals surface area contributed by atoms with Crippen molar-refractivity contribution in [1.82, 2.24) is 14.6 Å². The van der Waals surface area contributed by atoms with Crippen molar-refractivity contribution in [1.29, 1.82) is 0 Å². The molecule has 3 rings (SSSR count). The molecule has 1 fully saturated rings. The van der Waals surface area contributed by atoms with E-state index in [2.05, 4.69) is 9.71 Å². The van der Waals surface area contributed by atoms with Crippen LogP contribution in [-0.2, 0) is 16.4 Å². The molecule has 0 aliphatic carbocycles. The predicted molar refractivity (Wildman–Crippen MR) is 115 cm³/mol. The van der Waals surface area contributed by atoms with Gasteiger partial charge in [0.25, 0.3) is 0 Å². The van der Waals surface area contributed by atoms with Crippen LogP contribution in [0.1, 0.15) is 58.8 Å². The Morgan fingerprint density at radius 3 is 2.35 bits per heavy atom. The van der Waals surface area contributed by atoms with Crippen LogP contribution in [0.4, 0.5) is 4.39 Å². The fraction of sp³-hybridized carbons (Fsp3) is 0.455. The number of likely N-dealkylation sites (tertiary alicyclic amines) is 1. The van der Waals surface area contributed by atoms with Gasteiger partial charge in [-0.1, -0.05) is 6.92 Å². The number of nitrogens with one attached hydrogen (secondary N) is 2. The van der Waals surface area contributed by atoms with Gasteiger partial charge in [0, 0.05) is 30.4 Å². The SMILES string of the molecule is CCc1c(C(=O)CN2CCC(NS(=O)(=O)c3ccc(F)cc3)CC2)[nH]c(C)c1C(C)=O. The molecule has 0 amide bonds. The van der Waals surface area contributed by atoms with E-state index in [1.807, 2.05) is 11.8 Å². The van der Waals surface area contributed by atoms with Crippen molar-refractivity contribution in [3.8, 4) is 0 Å². The number of carbonyl (C=O) groups excluding carboxylic acids is 2. The molecule has 2 heterocycles. The fourth-order valence-electron chi connectivity index (χ4n) is 4.14. The van der Waals surface area contributed by atoms with E-state index in [0.717, 1.165) is 17.7 Å². The highest BCUT2D eigenvalue weighted by molar-refractivity contribution is 7.89. The first kappa shape index (κ1) is 23.3. The maximum Gasteiger partial charge on any atom is 0.240 e. The Morgan fingerprint density at radius 2 is 1.81 bits per heavy atom. The first-order valence-electron chi connectivity index (χ1n) is 10.4. The summed E-state index contributed by atoms with van der Waals surface area (Å²) in [5.41, 5.74) is 2.56. The molecule has 0 unspecified atom stereocenters. The van der Waals surface area contributed by atoms with Crippen molar-refractivity contribution in [2.24, 2.45) is 0 Å². The predicted octanol–water partition coefficient (Wildman–Crippen LogP) is 2.85. The van der Waals surface area contributed by atoms with Crippen LogP contribution in [0.5, 0.6) is 0 Å². The quantitative estimate of drug-likeness (QED) is 0.604. The van der Waals surface area contributed by atoms with E-state index >= 15 is 0 Å². The van der Waals surface area contributed by atoms with Gasteiger partial charge in [-0.25, -0.2) is 17.5 Å². The molecular weight excluding hydrogens is 421 g/mol. The summed E-state index contributed by atoms with van der Waals surface area (Å²) in [4.78, 5) is 29.9. The minimum absolute atomic E-state index is 0.0296. The number of aromatic nitrogens is 1. The number of H-pyrrole nitrogens is 1. The maximum absolute atomic E-state index is 13.0. The molecule has 31 heavy (non-hydrogen) atoms. The minimum Gasteiger partial charge on any atom is -0.355 e. The van der Waals surface area contributed by atoms with Gasteiger partial charge >= 0.3 is 0 Å². The normalized spacial score (nSPS) is 15.9. The topological polar surface area (TPSA) is 99.3 Å². The van der Waals surface area contributed by atoms with E-state index in [1.54, 1.807) is 6.92 Å². The second kappa shape index (κ2) is 9.42. The number of hydrogen-bond acceptors (Lipinski definition) is 5. The molecule has 0 spiro atoms. The minimum atomic E-state index is -3.72. The fourth-order valence-corrected chi connectivity index (χ4v) is 5.44. The van der Waals surface area contributed by atoms with Gasteiger partial charge in [-0.2, -0.15) is 0 Å². The number of rotatable bonds is 8. The van der Waals surface area contributed by atoms with Crippen LogP contribution < -0.4 is 4.72 Å². The van der Waals surface area contributed by atoms with Crippen LogP contribution in [-0.4, -0.2) is 55.5 Å². The molecular formula is C22H28FN3O4S. The number of sulfonamides is 1. The van der Waals surface area contributed by atoms with Gasteiger partial charge in [-0.3, -0.25) is 14.5 Å². The van der Waals surface area contributed by atoms with Crippen LogP contribution in [0.2, 0.25) is 0 Å². The molecule has 0 saturated carbocycles. The van der Waals surface area contributed by atoms with Gasteiger partial charge in [0.2, 0.25) is 10.0 Å². The summed E-state index contributed by atoms with van der Waals surface area (Å²) in [7, 11) is -3.72. The number of carbonyl (C=O) groups is 2. The molecule has 1 saturated heterocycles.